The minimum absolute atomic E-state index is 0.100. The average Bonchev–Trinajstić information content (AvgIpc) is 2.53. The van der Waals surface area contributed by atoms with Gasteiger partial charge in [0.1, 0.15) is 19.0 Å². The molecule has 0 aromatic heterocycles. The highest BCUT2D eigenvalue weighted by atomic mass is 19.1. The molecule has 0 spiro atoms. The summed E-state index contributed by atoms with van der Waals surface area (Å²) in [5.41, 5.74) is 3.44. The molecule has 4 heteroatoms. The van der Waals surface area contributed by atoms with E-state index in [1.54, 1.807) is 12.1 Å². The van der Waals surface area contributed by atoms with Crippen molar-refractivity contribution in [3.05, 3.63) is 47.3 Å². The fraction of sp³-hybridized carbons (Fsp3) is 0.333. The van der Waals surface area contributed by atoms with Gasteiger partial charge in [-0.1, -0.05) is 26.0 Å². The van der Waals surface area contributed by atoms with Crippen molar-refractivity contribution in [1.29, 1.82) is 0 Å². The van der Waals surface area contributed by atoms with E-state index in [1.165, 1.54) is 12.1 Å². The molecular formula is C18H19FO3. The lowest BCUT2D eigenvalue weighted by Gasteiger charge is -2.26. The molecule has 2 aromatic rings. The zero-order valence-electron chi connectivity index (χ0n) is 12.7. The molecule has 3 rings (SSSR count). The molecular weight excluding hydrogens is 283 g/mol. The minimum atomic E-state index is -0.291. The molecule has 0 saturated heterocycles. The minimum Gasteiger partial charge on any atom is -0.486 e. The van der Waals surface area contributed by atoms with Gasteiger partial charge in [0.2, 0.25) is 0 Å². The smallest absolute Gasteiger partial charge is 0.169 e. The molecule has 1 N–H and O–H groups in total. The lowest BCUT2D eigenvalue weighted by Crippen LogP contribution is -2.17. The maximum absolute atomic E-state index is 13.2. The van der Waals surface area contributed by atoms with Crippen molar-refractivity contribution < 1.29 is 19.0 Å². The highest BCUT2D eigenvalue weighted by Gasteiger charge is 2.24. The van der Waals surface area contributed by atoms with Crippen LogP contribution < -0.4 is 9.47 Å². The van der Waals surface area contributed by atoms with Gasteiger partial charge in [-0.05, 0) is 40.8 Å². The van der Waals surface area contributed by atoms with E-state index in [1.807, 2.05) is 6.07 Å². The van der Waals surface area contributed by atoms with Crippen molar-refractivity contribution in [3.63, 3.8) is 0 Å². The molecule has 2 aromatic carbocycles. The summed E-state index contributed by atoms with van der Waals surface area (Å²) >= 11 is 0. The van der Waals surface area contributed by atoms with Crippen molar-refractivity contribution >= 4 is 0 Å². The number of aliphatic hydroxyl groups is 1. The highest BCUT2D eigenvalue weighted by molar-refractivity contribution is 5.79. The standard InChI is InChI=1S/C18H19FO3/c1-11(2)14-9-16-18(22-8-7-21-16)17(15(14)10-20)12-3-5-13(19)6-4-12/h3-6,9,11,20H,7-8,10H2,1-2H3. The van der Waals surface area contributed by atoms with Gasteiger partial charge in [-0.3, -0.25) is 0 Å². The lowest BCUT2D eigenvalue weighted by atomic mass is 9.89. The van der Waals surface area contributed by atoms with Crippen LogP contribution in [0.15, 0.2) is 30.3 Å². The van der Waals surface area contributed by atoms with Crippen LogP contribution in [-0.4, -0.2) is 18.3 Å². The summed E-state index contributed by atoms with van der Waals surface area (Å²) in [6, 6.07) is 8.17. The van der Waals surface area contributed by atoms with Crippen LogP contribution in [0.4, 0.5) is 4.39 Å². The molecule has 22 heavy (non-hydrogen) atoms. The van der Waals surface area contributed by atoms with Gasteiger partial charge in [0.05, 0.1) is 6.61 Å². The highest BCUT2D eigenvalue weighted by Crippen LogP contribution is 2.45. The largest absolute Gasteiger partial charge is 0.486 e. The first-order valence-corrected chi connectivity index (χ1v) is 7.44. The Balaban J connectivity index is 2.29. The Kier molecular flexibility index (Phi) is 4.03. The van der Waals surface area contributed by atoms with Crippen LogP contribution in [0.25, 0.3) is 11.1 Å². The predicted octanol–water partition coefficient (Wildman–Crippen LogP) is 3.88. The summed E-state index contributed by atoms with van der Waals surface area (Å²) in [5.74, 6) is 1.26. The van der Waals surface area contributed by atoms with Crippen molar-refractivity contribution in [2.75, 3.05) is 13.2 Å². The average molecular weight is 302 g/mol. The van der Waals surface area contributed by atoms with Gasteiger partial charge >= 0.3 is 0 Å². The SMILES string of the molecule is CC(C)c1cc2c(c(-c3ccc(F)cc3)c1CO)OCCO2. The molecule has 1 aliphatic heterocycles. The predicted molar refractivity (Wildman–Crippen MR) is 82.8 cm³/mol. The van der Waals surface area contributed by atoms with Crippen molar-refractivity contribution in [2.24, 2.45) is 0 Å². The quantitative estimate of drug-likeness (QED) is 0.935. The number of benzene rings is 2. The second-order valence-corrected chi connectivity index (χ2v) is 5.66. The summed E-state index contributed by atoms with van der Waals surface area (Å²) in [6.07, 6.45) is 0. The molecule has 0 unspecified atom stereocenters. The number of fused-ring (bicyclic) bond motifs is 1. The topological polar surface area (TPSA) is 38.7 Å². The summed E-state index contributed by atoms with van der Waals surface area (Å²) in [5, 5.41) is 9.90. The number of halogens is 1. The summed E-state index contributed by atoms with van der Waals surface area (Å²) < 4.78 is 24.7. The number of aliphatic hydroxyl groups excluding tert-OH is 1. The molecule has 0 bridgehead atoms. The van der Waals surface area contributed by atoms with E-state index in [-0.39, 0.29) is 18.3 Å². The third-order valence-electron chi connectivity index (χ3n) is 3.89. The van der Waals surface area contributed by atoms with E-state index in [0.717, 1.165) is 22.3 Å². The van der Waals surface area contributed by atoms with Gasteiger partial charge in [0.15, 0.2) is 11.5 Å². The Morgan fingerprint density at radius 2 is 1.82 bits per heavy atom. The fourth-order valence-corrected chi connectivity index (χ4v) is 2.85. The van der Waals surface area contributed by atoms with Gasteiger partial charge in [-0.15, -0.1) is 0 Å². The molecule has 0 atom stereocenters. The first-order chi connectivity index (χ1) is 10.6. The first-order valence-electron chi connectivity index (χ1n) is 7.44. The molecule has 1 heterocycles. The van der Waals surface area contributed by atoms with Gasteiger partial charge in [0, 0.05) is 5.56 Å². The van der Waals surface area contributed by atoms with E-state index in [0.29, 0.717) is 24.7 Å². The van der Waals surface area contributed by atoms with E-state index < -0.39 is 0 Å². The lowest BCUT2D eigenvalue weighted by molar-refractivity contribution is 0.171. The molecule has 0 amide bonds. The third-order valence-corrected chi connectivity index (χ3v) is 3.89. The second kappa shape index (κ2) is 5.97. The van der Waals surface area contributed by atoms with Crippen molar-refractivity contribution in [2.45, 2.75) is 26.4 Å². The Bertz CT molecular complexity index is 678. The molecule has 0 saturated carbocycles. The van der Waals surface area contributed by atoms with Crippen LogP contribution >= 0.6 is 0 Å². The second-order valence-electron chi connectivity index (χ2n) is 5.66. The van der Waals surface area contributed by atoms with Gasteiger partial charge in [-0.25, -0.2) is 4.39 Å². The Morgan fingerprint density at radius 3 is 2.45 bits per heavy atom. The Labute approximate surface area is 129 Å². The van der Waals surface area contributed by atoms with Crippen molar-refractivity contribution in [3.8, 4) is 22.6 Å². The Hall–Kier alpha value is -2.07. The van der Waals surface area contributed by atoms with Crippen LogP contribution in [0.3, 0.4) is 0 Å². The molecule has 1 aliphatic rings. The zero-order chi connectivity index (χ0) is 15.7. The molecule has 0 aliphatic carbocycles. The van der Waals surface area contributed by atoms with E-state index in [9.17, 15) is 9.50 Å². The summed E-state index contributed by atoms with van der Waals surface area (Å²) in [4.78, 5) is 0. The van der Waals surface area contributed by atoms with Gasteiger partial charge < -0.3 is 14.6 Å². The Morgan fingerprint density at radius 1 is 1.14 bits per heavy atom. The van der Waals surface area contributed by atoms with Crippen LogP contribution in [0.5, 0.6) is 11.5 Å². The molecule has 3 nitrogen and oxygen atoms in total. The molecule has 0 radical (unpaired) electrons. The maximum atomic E-state index is 13.2. The van der Waals surface area contributed by atoms with Gasteiger partial charge in [-0.2, -0.15) is 0 Å². The van der Waals surface area contributed by atoms with Crippen molar-refractivity contribution in [1.82, 2.24) is 0 Å². The fourth-order valence-electron chi connectivity index (χ4n) is 2.85. The zero-order valence-corrected chi connectivity index (χ0v) is 12.7. The first kappa shape index (κ1) is 14.9. The van der Waals surface area contributed by atoms with Crippen LogP contribution in [-0.2, 0) is 6.61 Å². The van der Waals surface area contributed by atoms with Crippen LogP contribution in [0.2, 0.25) is 0 Å². The number of hydrogen-bond donors (Lipinski definition) is 1. The number of ether oxygens (including phenoxy) is 2. The normalized spacial score (nSPS) is 13.5. The summed E-state index contributed by atoms with van der Waals surface area (Å²) in [7, 11) is 0. The van der Waals surface area contributed by atoms with E-state index in [4.69, 9.17) is 9.47 Å². The number of hydrogen-bond acceptors (Lipinski definition) is 3. The van der Waals surface area contributed by atoms with Crippen LogP contribution in [0, 0.1) is 5.82 Å². The molecule has 0 fully saturated rings. The van der Waals surface area contributed by atoms with Gasteiger partial charge in [0.25, 0.3) is 0 Å². The number of rotatable bonds is 3. The van der Waals surface area contributed by atoms with Crippen LogP contribution in [0.1, 0.15) is 30.9 Å². The summed E-state index contributed by atoms with van der Waals surface area (Å²) in [6.45, 7) is 5.01. The monoisotopic (exact) mass is 302 g/mol. The van der Waals surface area contributed by atoms with E-state index >= 15 is 0 Å². The molecule has 116 valence electrons. The third kappa shape index (κ3) is 2.55. The van der Waals surface area contributed by atoms with E-state index in [2.05, 4.69) is 13.8 Å². The maximum Gasteiger partial charge on any atom is 0.169 e.